The molecule has 0 atom stereocenters. The third-order valence-electron chi connectivity index (χ3n) is 11.8. The highest BCUT2D eigenvalue weighted by Gasteiger charge is 2.46. The Morgan fingerprint density at radius 3 is 0.790 bits per heavy atom. The Hall–Kier alpha value is -5.40. The Morgan fingerprint density at radius 2 is 0.532 bits per heavy atom. The lowest BCUT2D eigenvalue weighted by Crippen LogP contribution is -2.32. The van der Waals surface area contributed by atoms with Crippen molar-refractivity contribution in [1.82, 2.24) is 0 Å². The molecule has 0 saturated carbocycles. The van der Waals surface area contributed by atoms with Gasteiger partial charge in [-0.2, -0.15) is 0 Å². The van der Waals surface area contributed by atoms with Crippen LogP contribution in [0, 0.1) is 13.8 Å². The number of hydrogen-bond donors (Lipinski definition) is 0. The highest BCUT2D eigenvalue weighted by molar-refractivity contribution is 5.45. The maximum Gasteiger partial charge on any atom is 0.222 e. The average molecular weight is 837 g/mol. The third-order valence-corrected chi connectivity index (χ3v) is 11.8. The molecule has 0 bridgehead atoms. The van der Waals surface area contributed by atoms with Crippen molar-refractivity contribution >= 4 is 0 Å². The van der Waals surface area contributed by atoms with Crippen molar-refractivity contribution in [3.63, 3.8) is 0 Å². The minimum atomic E-state index is -0.977. The van der Waals surface area contributed by atoms with Crippen molar-refractivity contribution in [2.24, 2.45) is 0 Å². The molecule has 4 aliphatic heterocycles. The van der Waals surface area contributed by atoms with Crippen LogP contribution in [-0.2, 0) is 61.0 Å². The predicted octanol–water partition coefficient (Wildman–Crippen LogP) is 9.00. The summed E-state index contributed by atoms with van der Waals surface area (Å²) in [6.07, 6.45) is 0. The topological polar surface area (TPSA) is 92.3 Å². The number of ether oxygens (including phenoxy) is 10. The van der Waals surface area contributed by atoms with E-state index in [1.165, 1.54) is 11.1 Å². The van der Waals surface area contributed by atoms with Crippen LogP contribution in [0.25, 0.3) is 0 Å². The molecule has 4 saturated heterocycles. The van der Waals surface area contributed by atoms with E-state index in [0.29, 0.717) is 52.9 Å². The molecule has 62 heavy (non-hydrogen) atoms. The van der Waals surface area contributed by atoms with Gasteiger partial charge in [0.15, 0.2) is 0 Å². The molecule has 4 fully saturated rings. The zero-order valence-electron chi connectivity index (χ0n) is 35.6. The first kappa shape index (κ1) is 41.9. The lowest BCUT2D eigenvalue weighted by molar-refractivity contribution is -0.135. The van der Waals surface area contributed by atoms with E-state index in [1.807, 2.05) is 91.0 Å². The summed E-state index contributed by atoms with van der Waals surface area (Å²) >= 11 is 0. The summed E-state index contributed by atoms with van der Waals surface area (Å²) in [5.41, 5.74) is 9.89. The van der Waals surface area contributed by atoms with Crippen molar-refractivity contribution in [2.75, 3.05) is 67.1 Å². The fourth-order valence-electron chi connectivity index (χ4n) is 8.65. The highest BCUT2D eigenvalue weighted by atomic mass is 16.8. The molecular weight excluding hydrogens is 785 g/mol. The molecule has 6 aromatic carbocycles. The van der Waals surface area contributed by atoms with Gasteiger partial charge in [0.2, 0.25) is 23.1 Å². The smallest absolute Gasteiger partial charge is 0.222 e. The second-order valence-electron chi connectivity index (χ2n) is 15.6. The lowest BCUT2D eigenvalue weighted by Gasteiger charge is -2.32. The van der Waals surface area contributed by atoms with Crippen LogP contribution in [-0.4, -0.2) is 67.1 Å². The monoisotopic (exact) mass is 836 g/mol. The third kappa shape index (κ3) is 7.71. The van der Waals surface area contributed by atoms with Gasteiger partial charge in [0.1, 0.15) is 11.5 Å². The molecule has 6 aromatic rings. The molecule has 0 aromatic heterocycles. The van der Waals surface area contributed by atoms with Gasteiger partial charge in [-0.1, -0.05) is 102 Å². The van der Waals surface area contributed by atoms with Crippen LogP contribution < -0.4 is 9.47 Å². The Bertz CT molecular complexity index is 2390. The Kier molecular flexibility index (Phi) is 12.0. The first-order valence-corrected chi connectivity index (χ1v) is 21.1. The molecule has 0 unspecified atom stereocenters. The Balaban J connectivity index is 0.000000158. The first-order chi connectivity index (χ1) is 30.3. The minimum Gasteiger partial charge on any atom is -0.497 e. The van der Waals surface area contributed by atoms with Crippen molar-refractivity contribution < 1.29 is 47.4 Å². The van der Waals surface area contributed by atoms with Gasteiger partial charge >= 0.3 is 0 Å². The molecule has 4 heterocycles. The normalized spacial score (nSPS) is 19.4. The highest BCUT2D eigenvalue weighted by Crippen LogP contribution is 2.45. The van der Waals surface area contributed by atoms with Crippen molar-refractivity contribution in [3.05, 3.63) is 201 Å². The van der Waals surface area contributed by atoms with E-state index in [-0.39, 0.29) is 0 Å². The number of benzene rings is 6. The van der Waals surface area contributed by atoms with Crippen LogP contribution in [0.2, 0.25) is 0 Å². The Morgan fingerprint density at radius 1 is 0.306 bits per heavy atom. The standard InChI is InChI=1S/2C26H26O5/c1-19-3-5-20(6-4-19)25(28-15-16-29-25)21-7-9-22(10-8-21)26(30-17-18-31-26)23-11-13-24(27-2)14-12-23;1-19-6-8-20(9-7-19)25(28-14-15-29-25)22-4-3-5-23(18-22)26(30-16-17-31-26)21-10-12-24(27-2)13-11-21/h3-14H,15-18H2,1-2H3;3-13,18H,14-17H2,1-2H3. The van der Waals surface area contributed by atoms with Gasteiger partial charge < -0.3 is 47.4 Å². The zero-order valence-corrected chi connectivity index (χ0v) is 35.6. The summed E-state index contributed by atoms with van der Waals surface area (Å²) in [4.78, 5) is 0. The number of hydrogen-bond acceptors (Lipinski definition) is 10. The first-order valence-electron chi connectivity index (χ1n) is 21.1. The summed E-state index contributed by atoms with van der Waals surface area (Å²) in [5.74, 6) is -2.16. The summed E-state index contributed by atoms with van der Waals surface area (Å²) in [6, 6.07) is 48.5. The summed E-state index contributed by atoms with van der Waals surface area (Å²) in [7, 11) is 3.31. The van der Waals surface area contributed by atoms with Gasteiger partial charge in [-0.15, -0.1) is 0 Å². The van der Waals surface area contributed by atoms with Crippen LogP contribution in [0.1, 0.15) is 55.6 Å². The maximum atomic E-state index is 6.22. The van der Waals surface area contributed by atoms with Crippen LogP contribution in [0.4, 0.5) is 0 Å². The molecule has 320 valence electrons. The molecular formula is C52H52O10. The second-order valence-corrected chi connectivity index (χ2v) is 15.6. The molecule has 10 rings (SSSR count). The van der Waals surface area contributed by atoms with Crippen molar-refractivity contribution in [1.29, 1.82) is 0 Å². The summed E-state index contributed by atoms with van der Waals surface area (Å²) < 4.78 is 60.1. The molecule has 0 N–H and O–H groups in total. The van der Waals surface area contributed by atoms with E-state index in [2.05, 4.69) is 68.4 Å². The summed E-state index contributed by atoms with van der Waals surface area (Å²) in [5, 5.41) is 0. The molecule has 0 amide bonds. The van der Waals surface area contributed by atoms with Crippen LogP contribution >= 0.6 is 0 Å². The number of aryl methyl sites for hydroxylation is 2. The number of methoxy groups -OCH3 is 2. The fraction of sp³-hybridized carbons (Fsp3) is 0.308. The van der Waals surface area contributed by atoms with Gasteiger partial charge in [-0.3, -0.25) is 0 Å². The maximum absolute atomic E-state index is 6.22. The van der Waals surface area contributed by atoms with Gasteiger partial charge in [0.05, 0.1) is 67.1 Å². The molecule has 4 aliphatic rings. The van der Waals surface area contributed by atoms with E-state index < -0.39 is 23.1 Å². The van der Waals surface area contributed by atoms with Gasteiger partial charge in [0.25, 0.3) is 0 Å². The molecule has 10 heteroatoms. The van der Waals surface area contributed by atoms with Crippen LogP contribution in [0.3, 0.4) is 0 Å². The van der Waals surface area contributed by atoms with Crippen molar-refractivity contribution in [3.8, 4) is 11.5 Å². The number of rotatable bonds is 10. The van der Waals surface area contributed by atoms with E-state index in [9.17, 15) is 0 Å². The fourth-order valence-corrected chi connectivity index (χ4v) is 8.65. The van der Waals surface area contributed by atoms with Crippen molar-refractivity contribution in [2.45, 2.75) is 37.0 Å². The molecule has 0 aliphatic carbocycles. The van der Waals surface area contributed by atoms with Crippen LogP contribution in [0.5, 0.6) is 11.5 Å². The average Bonchev–Trinajstić information content (AvgIpc) is 4.19. The molecule has 0 spiro atoms. The lowest BCUT2D eigenvalue weighted by atomic mass is 9.91. The van der Waals surface area contributed by atoms with E-state index in [0.717, 1.165) is 56.0 Å². The quantitative estimate of drug-likeness (QED) is 0.133. The Labute approximate surface area is 363 Å². The minimum absolute atomic E-state index is 0.520. The molecule has 0 radical (unpaired) electrons. The van der Waals surface area contributed by atoms with Gasteiger partial charge in [-0.25, -0.2) is 0 Å². The second kappa shape index (κ2) is 17.8. The van der Waals surface area contributed by atoms with E-state index in [1.54, 1.807) is 14.2 Å². The predicted molar refractivity (Wildman–Crippen MR) is 232 cm³/mol. The SMILES string of the molecule is COc1ccc(C2(c3ccc(C4(c5ccc(C)cc5)OCCO4)cc3)OCCO2)cc1.COc1ccc(C2(c3cccc(C4(c5ccc(C)cc5)OCCO4)c3)OCCO2)cc1. The van der Waals surface area contributed by atoms with Gasteiger partial charge in [-0.05, 0) is 68.4 Å². The van der Waals surface area contributed by atoms with E-state index in [4.69, 9.17) is 47.4 Å². The van der Waals surface area contributed by atoms with Crippen LogP contribution in [0.15, 0.2) is 146 Å². The van der Waals surface area contributed by atoms with E-state index >= 15 is 0 Å². The summed E-state index contributed by atoms with van der Waals surface area (Å²) in [6.45, 7) is 8.43. The van der Waals surface area contributed by atoms with Gasteiger partial charge in [0, 0.05) is 44.5 Å². The zero-order chi connectivity index (χ0) is 42.6. The largest absolute Gasteiger partial charge is 0.497 e. The molecule has 10 nitrogen and oxygen atoms in total.